The Labute approximate surface area is 184 Å². The molecule has 29 heavy (non-hydrogen) atoms. The van der Waals surface area contributed by atoms with Gasteiger partial charge in [-0.25, -0.2) is 4.98 Å². The van der Waals surface area contributed by atoms with Crippen molar-refractivity contribution in [2.45, 2.75) is 31.2 Å². The summed E-state index contributed by atoms with van der Waals surface area (Å²) in [6, 6.07) is 7.50. The van der Waals surface area contributed by atoms with Gasteiger partial charge in [0.25, 0.3) is 0 Å². The van der Waals surface area contributed by atoms with Gasteiger partial charge in [0, 0.05) is 15.0 Å². The fraction of sp³-hybridized carbons (Fsp3) is 0.389. The van der Waals surface area contributed by atoms with Crippen LogP contribution >= 0.6 is 34.2 Å². The van der Waals surface area contributed by atoms with Crippen molar-refractivity contribution in [3.8, 4) is 0 Å². The Morgan fingerprint density at radius 1 is 1.38 bits per heavy atom. The number of aromatic nitrogens is 4. The smallest absolute Gasteiger partial charge is 0.226 e. The molecule has 0 unspecified atom stereocenters. The molecule has 5 rings (SSSR count). The molecule has 2 saturated carbocycles. The van der Waals surface area contributed by atoms with Gasteiger partial charge in [0.15, 0.2) is 17.0 Å². The molecule has 2 N–H and O–H groups in total. The summed E-state index contributed by atoms with van der Waals surface area (Å²) < 4.78 is 3.00. The number of halogens is 2. The van der Waals surface area contributed by atoms with Gasteiger partial charge in [0.1, 0.15) is 0 Å². The van der Waals surface area contributed by atoms with E-state index in [0.29, 0.717) is 23.5 Å². The lowest BCUT2D eigenvalue weighted by Gasteiger charge is -2.22. The zero-order valence-electron chi connectivity index (χ0n) is 15.0. The van der Waals surface area contributed by atoms with Crippen LogP contribution in [0.1, 0.15) is 18.0 Å². The van der Waals surface area contributed by atoms with Crippen LogP contribution in [0.3, 0.4) is 0 Å². The predicted octanol–water partition coefficient (Wildman–Crippen LogP) is 3.93. The maximum Gasteiger partial charge on any atom is 0.226 e. The zero-order valence-corrected chi connectivity index (χ0v) is 17.9. The Bertz CT molecular complexity index is 1150. The van der Waals surface area contributed by atoms with Crippen LogP contribution in [0, 0.1) is 15.4 Å². The molecule has 0 saturated heterocycles. The second kappa shape index (κ2) is 7.28. The van der Waals surface area contributed by atoms with E-state index in [1.807, 2.05) is 22.8 Å². The summed E-state index contributed by atoms with van der Waals surface area (Å²) in [4.78, 5) is 16.1. The van der Waals surface area contributed by atoms with E-state index in [0.717, 1.165) is 15.6 Å². The van der Waals surface area contributed by atoms with Crippen LogP contribution < -0.4 is 5.32 Å². The number of benzene rings is 1. The quantitative estimate of drug-likeness (QED) is 0.173. The monoisotopic (exact) mass is 522 g/mol. The lowest BCUT2D eigenvalue weighted by Crippen LogP contribution is -2.30. The maximum absolute atomic E-state index is 10.7. The van der Waals surface area contributed by atoms with E-state index in [9.17, 15) is 5.11 Å². The molecule has 5 atom stereocenters. The minimum absolute atomic E-state index is 0.107. The zero-order chi connectivity index (χ0) is 20.1. The molecule has 0 amide bonds. The first-order valence-corrected chi connectivity index (χ1v) is 10.6. The SMILES string of the molecule is [N-]=[N+]=N[C@H]1[C@@H](O)[C@H](n2cnc3c(NCc4cccc(I)c4)nc(Cl)nc32)[C@@H]2C[C@@H]21. The van der Waals surface area contributed by atoms with Crippen LogP contribution in [-0.4, -0.2) is 36.8 Å². The summed E-state index contributed by atoms with van der Waals surface area (Å²) in [5, 5.41) is 17.9. The Morgan fingerprint density at radius 3 is 3.03 bits per heavy atom. The Balaban J connectivity index is 1.48. The molecule has 11 heteroatoms. The lowest BCUT2D eigenvalue weighted by atomic mass is 10.1. The van der Waals surface area contributed by atoms with E-state index in [-0.39, 0.29) is 23.2 Å². The molecule has 2 fully saturated rings. The van der Waals surface area contributed by atoms with Crippen molar-refractivity contribution in [1.29, 1.82) is 0 Å². The van der Waals surface area contributed by atoms with Crippen molar-refractivity contribution in [2.75, 3.05) is 5.32 Å². The van der Waals surface area contributed by atoms with Crippen molar-refractivity contribution in [2.24, 2.45) is 17.0 Å². The predicted molar refractivity (Wildman–Crippen MR) is 116 cm³/mol. The van der Waals surface area contributed by atoms with Crippen molar-refractivity contribution in [3.05, 3.63) is 55.5 Å². The van der Waals surface area contributed by atoms with E-state index < -0.39 is 12.1 Å². The number of anilines is 1. The average molecular weight is 523 g/mol. The molecule has 148 valence electrons. The summed E-state index contributed by atoms with van der Waals surface area (Å²) in [7, 11) is 0. The number of fused-ring (bicyclic) bond motifs is 2. The van der Waals surface area contributed by atoms with Gasteiger partial charge >= 0.3 is 0 Å². The number of aliphatic hydroxyl groups excluding tert-OH is 1. The minimum Gasteiger partial charge on any atom is -0.391 e. The van der Waals surface area contributed by atoms with Gasteiger partial charge in [-0.05, 0) is 75.7 Å². The van der Waals surface area contributed by atoms with Crippen molar-refractivity contribution in [1.82, 2.24) is 19.5 Å². The number of imidazole rings is 1. The highest BCUT2D eigenvalue weighted by atomic mass is 127. The maximum atomic E-state index is 10.7. The summed E-state index contributed by atoms with van der Waals surface area (Å²) in [5.74, 6) is 0.997. The van der Waals surface area contributed by atoms with Crippen LogP contribution in [0.25, 0.3) is 21.6 Å². The fourth-order valence-corrected chi connectivity index (χ4v) is 5.15. The first kappa shape index (κ1) is 18.9. The second-order valence-electron chi connectivity index (χ2n) is 7.39. The first-order valence-electron chi connectivity index (χ1n) is 9.17. The normalized spacial score (nSPS) is 27.5. The van der Waals surface area contributed by atoms with Crippen LogP contribution in [0.2, 0.25) is 5.28 Å². The number of hydrogen-bond acceptors (Lipinski definition) is 6. The summed E-state index contributed by atoms with van der Waals surface area (Å²) in [5.41, 5.74) is 11.1. The molecule has 9 nitrogen and oxygen atoms in total. The van der Waals surface area contributed by atoms with Crippen LogP contribution in [0.5, 0.6) is 0 Å². The molecular formula is C18H16ClIN8O. The number of aliphatic hydroxyl groups is 1. The Kier molecular flexibility index (Phi) is 4.73. The third-order valence-electron chi connectivity index (χ3n) is 5.72. The number of rotatable bonds is 5. The largest absolute Gasteiger partial charge is 0.391 e. The van der Waals surface area contributed by atoms with Gasteiger partial charge in [-0.1, -0.05) is 17.2 Å². The van der Waals surface area contributed by atoms with Gasteiger partial charge in [0.05, 0.1) is 24.5 Å². The average Bonchev–Trinajstić information content (AvgIpc) is 3.28. The molecule has 0 aliphatic heterocycles. The van der Waals surface area contributed by atoms with E-state index in [1.54, 1.807) is 6.33 Å². The molecule has 1 aromatic carbocycles. The first-order chi connectivity index (χ1) is 14.1. The second-order valence-corrected chi connectivity index (χ2v) is 8.97. The number of nitrogens with one attached hydrogen (secondary N) is 1. The fourth-order valence-electron chi connectivity index (χ4n) is 4.38. The lowest BCUT2D eigenvalue weighted by molar-refractivity contribution is 0.104. The van der Waals surface area contributed by atoms with Gasteiger partial charge < -0.3 is 15.0 Å². The Morgan fingerprint density at radius 2 is 2.24 bits per heavy atom. The molecule has 2 aliphatic carbocycles. The van der Waals surface area contributed by atoms with Crippen LogP contribution in [-0.2, 0) is 6.54 Å². The standard InChI is InChI=1S/C18H16ClIN8O/c19-18-24-16(22-6-8-2-1-3-9(20)4-8)13-17(25-18)28(7-23-13)14-11-5-10(11)12(15(14)29)26-27-21/h1-4,7,10-12,14-15,29H,5-6H2,(H,22,24,25)/t10-,11+,12+,14+,15+/m0/s1. The molecule has 2 aromatic heterocycles. The molecule has 2 heterocycles. The van der Waals surface area contributed by atoms with Crippen molar-refractivity contribution in [3.63, 3.8) is 0 Å². The third-order valence-corrected chi connectivity index (χ3v) is 6.56. The van der Waals surface area contributed by atoms with E-state index >= 15 is 0 Å². The highest BCUT2D eigenvalue weighted by Crippen LogP contribution is 2.59. The molecule has 2 aliphatic rings. The summed E-state index contributed by atoms with van der Waals surface area (Å²) in [6.45, 7) is 0.571. The number of hydrogen-bond donors (Lipinski definition) is 2. The molecular weight excluding hydrogens is 507 g/mol. The van der Waals surface area contributed by atoms with Gasteiger partial charge in [-0.2, -0.15) is 9.97 Å². The summed E-state index contributed by atoms with van der Waals surface area (Å²) >= 11 is 8.47. The highest BCUT2D eigenvalue weighted by Gasteiger charge is 2.60. The van der Waals surface area contributed by atoms with Crippen LogP contribution in [0.15, 0.2) is 35.7 Å². The minimum atomic E-state index is -0.774. The van der Waals surface area contributed by atoms with Crippen molar-refractivity contribution >= 4 is 51.2 Å². The number of nitrogens with zero attached hydrogens (tertiary/aromatic N) is 7. The van der Waals surface area contributed by atoms with Gasteiger partial charge in [0.2, 0.25) is 5.28 Å². The molecule has 0 spiro atoms. The third kappa shape index (κ3) is 3.29. The van der Waals surface area contributed by atoms with Crippen molar-refractivity contribution < 1.29 is 5.11 Å². The molecule has 0 radical (unpaired) electrons. The van der Waals surface area contributed by atoms with Crippen LogP contribution in [0.4, 0.5) is 5.82 Å². The van der Waals surface area contributed by atoms with E-state index in [4.69, 9.17) is 17.1 Å². The molecule has 0 bridgehead atoms. The topological polar surface area (TPSA) is 125 Å². The highest BCUT2D eigenvalue weighted by molar-refractivity contribution is 14.1. The molecule has 3 aromatic rings. The van der Waals surface area contributed by atoms with E-state index in [1.165, 1.54) is 0 Å². The number of azide groups is 1. The van der Waals surface area contributed by atoms with Gasteiger partial charge in [-0.3, -0.25) is 0 Å². The van der Waals surface area contributed by atoms with Gasteiger partial charge in [-0.15, -0.1) is 0 Å². The summed E-state index contributed by atoms with van der Waals surface area (Å²) in [6.07, 6.45) is 1.80. The Hall–Kier alpha value is -2.14. The van der Waals surface area contributed by atoms with E-state index in [2.05, 4.69) is 59.0 Å².